The lowest BCUT2D eigenvalue weighted by Crippen LogP contribution is -2.48. The monoisotopic (exact) mass is 329 g/mol. The van der Waals surface area contributed by atoms with Crippen molar-refractivity contribution >= 4 is 23.4 Å². The van der Waals surface area contributed by atoms with E-state index < -0.39 is 0 Å². The number of hydrogen-bond acceptors (Lipinski definition) is 5. The second kappa shape index (κ2) is 6.82. The summed E-state index contributed by atoms with van der Waals surface area (Å²) in [6.45, 7) is 6.25. The molecule has 3 rings (SSSR count). The zero-order valence-electron chi connectivity index (χ0n) is 13.8. The average molecular weight is 329 g/mol. The van der Waals surface area contributed by atoms with Crippen LogP contribution in [0.25, 0.3) is 0 Å². The van der Waals surface area contributed by atoms with E-state index in [2.05, 4.69) is 20.2 Å². The van der Waals surface area contributed by atoms with E-state index >= 15 is 0 Å². The highest BCUT2D eigenvalue weighted by Crippen LogP contribution is 2.21. The van der Waals surface area contributed by atoms with E-state index in [9.17, 15) is 9.18 Å². The topological polar surface area (TPSA) is 61.4 Å². The van der Waals surface area contributed by atoms with Gasteiger partial charge in [-0.3, -0.25) is 4.79 Å². The molecule has 1 fully saturated rings. The smallest absolute Gasteiger partial charge is 0.229 e. The molecule has 0 radical (unpaired) electrons. The first-order valence-corrected chi connectivity index (χ1v) is 7.90. The number of amides is 1. The van der Waals surface area contributed by atoms with Gasteiger partial charge in [0.2, 0.25) is 11.9 Å². The molecule has 1 aliphatic rings. The Morgan fingerprint density at radius 3 is 2.54 bits per heavy atom. The molecule has 126 valence electrons. The molecule has 0 aliphatic carbocycles. The van der Waals surface area contributed by atoms with Crippen molar-refractivity contribution in [1.29, 1.82) is 0 Å². The summed E-state index contributed by atoms with van der Waals surface area (Å²) < 4.78 is 13.8. The van der Waals surface area contributed by atoms with Crippen LogP contribution in [0.3, 0.4) is 0 Å². The van der Waals surface area contributed by atoms with Crippen molar-refractivity contribution < 1.29 is 9.18 Å². The molecule has 6 nitrogen and oxygen atoms in total. The van der Waals surface area contributed by atoms with Gasteiger partial charge in [-0.2, -0.15) is 4.98 Å². The Hall–Kier alpha value is -2.70. The van der Waals surface area contributed by atoms with Crippen LogP contribution >= 0.6 is 0 Å². The van der Waals surface area contributed by atoms with Crippen LogP contribution in [0, 0.1) is 12.7 Å². The molecule has 0 saturated carbocycles. The zero-order valence-corrected chi connectivity index (χ0v) is 13.8. The van der Waals surface area contributed by atoms with E-state index in [-0.39, 0.29) is 11.7 Å². The lowest BCUT2D eigenvalue weighted by molar-refractivity contribution is -0.129. The van der Waals surface area contributed by atoms with E-state index in [1.54, 1.807) is 25.1 Å². The van der Waals surface area contributed by atoms with Crippen molar-refractivity contribution in [1.82, 2.24) is 14.9 Å². The molecule has 2 aromatic rings. The lowest BCUT2D eigenvalue weighted by Gasteiger charge is -2.35. The summed E-state index contributed by atoms with van der Waals surface area (Å²) >= 11 is 0. The van der Waals surface area contributed by atoms with E-state index in [4.69, 9.17) is 0 Å². The molecule has 0 spiro atoms. The van der Waals surface area contributed by atoms with Crippen molar-refractivity contribution in [3.8, 4) is 0 Å². The van der Waals surface area contributed by atoms with Crippen LogP contribution in [0.4, 0.5) is 21.8 Å². The molecule has 1 N–H and O–H groups in total. The Balaban J connectivity index is 1.77. The maximum atomic E-state index is 13.8. The van der Waals surface area contributed by atoms with Crippen LogP contribution in [0.15, 0.2) is 30.3 Å². The molecule has 24 heavy (non-hydrogen) atoms. The van der Waals surface area contributed by atoms with Crippen LogP contribution in [0.2, 0.25) is 0 Å². The Labute approximate surface area is 140 Å². The van der Waals surface area contributed by atoms with Crippen molar-refractivity contribution in [3.63, 3.8) is 0 Å². The van der Waals surface area contributed by atoms with Crippen molar-refractivity contribution in [3.05, 3.63) is 41.8 Å². The number of carbonyl (C=O) groups is 1. The first-order valence-electron chi connectivity index (χ1n) is 7.90. The predicted molar refractivity (Wildman–Crippen MR) is 90.9 cm³/mol. The number of para-hydroxylation sites is 1. The van der Waals surface area contributed by atoms with Gasteiger partial charge in [-0.25, -0.2) is 9.37 Å². The fourth-order valence-corrected chi connectivity index (χ4v) is 2.70. The summed E-state index contributed by atoms with van der Waals surface area (Å²) in [6.07, 6.45) is 0. The molecular formula is C17H20FN5O. The van der Waals surface area contributed by atoms with Gasteiger partial charge in [0.25, 0.3) is 0 Å². The highest BCUT2D eigenvalue weighted by molar-refractivity contribution is 5.73. The summed E-state index contributed by atoms with van der Waals surface area (Å²) in [4.78, 5) is 24.2. The highest BCUT2D eigenvalue weighted by Gasteiger charge is 2.20. The van der Waals surface area contributed by atoms with Crippen LogP contribution < -0.4 is 10.2 Å². The Morgan fingerprint density at radius 2 is 1.88 bits per heavy atom. The van der Waals surface area contributed by atoms with Gasteiger partial charge in [0.05, 0.1) is 5.69 Å². The minimum Gasteiger partial charge on any atom is -0.353 e. The number of piperazine rings is 1. The molecule has 1 aliphatic heterocycles. The van der Waals surface area contributed by atoms with Crippen molar-refractivity contribution in [2.24, 2.45) is 0 Å². The fourth-order valence-electron chi connectivity index (χ4n) is 2.70. The molecule has 0 bridgehead atoms. The largest absolute Gasteiger partial charge is 0.353 e. The third-order valence-corrected chi connectivity index (χ3v) is 4.01. The molecule has 0 unspecified atom stereocenters. The number of rotatable bonds is 3. The Kier molecular flexibility index (Phi) is 4.59. The maximum absolute atomic E-state index is 13.8. The normalized spacial score (nSPS) is 14.6. The van der Waals surface area contributed by atoms with Gasteiger partial charge in [0.15, 0.2) is 0 Å². The second-order valence-electron chi connectivity index (χ2n) is 5.79. The average Bonchev–Trinajstić information content (AvgIpc) is 2.56. The van der Waals surface area contributed by atoms with E-state index in [1.807, 2.05) is 17.9 Å². The van der Waals surface area contributed by atoms with Gasteiger partial charge in [-0.1, -0.05) is 12.1 Å². The van der Waals surface area contributed by atoms with Gasteiger partial charge in [-0.15, -0.1) is 0 Å². The molecule has 7 heteroatoms. The molecule has 1 amide bonds. The van der Waals surface area contributed by atoms with Crippen LogP contribution in [0.5, 0.6) is 0 Å². The summed E-state index contributed by atoms with van der Waals surface area (Å²) in [7, 11) is 0. The van der Waals surface area contributed by atoms with Crippen LogP contribution in [0.1, 0.15) is 12.6 Å². The van der Waals surface area contributed by atoms with Gasteiger partial charge in [-0.05, 0) is 19.1 Å². The first-order chi connectivity index (χ1) is 11.5. The number of aryl methyl sites for hydroxylation is 1. The number of halogens is 1. The number of nitrogens with zero attached hydrogens (tertiary/aromatic N) is 4. The zero-order chi connectivity index (χ0) is 17.1. The lowest BCUT2D eigenvalue weighted by atomic mass is 10.3. The number of benzene rings is 1. The third-order valence-electron chi connectivity index (χ3n) is 4.01. The fraction of sp³-hybridized carbons (Fsp3) is 0.353. The molecule has 0 atom stereocenters. The predicted octanol–water partition coefficient (Wildman–Crippen LogP) is 2.34. The first kappa shape index (κ1) is 16.2. The van der Waals surface area contributed by atoms with Crippen LogP contribution in [-0.2, 0) is 4.79 Å². The SMILES string of the molecule is CC(=O)N1CCN(c2cc(C)nc(Nc3ccccc3F)n2)CC1. The third kappa shape index (κ3) is 3.61. The van der Waals surface area contributed by atoms with E-state index in [1.165, 1.54) is 6.07 Å². The Bertz CT molecular complexity index is 744. The van der Waals surface area contributed by atoms with Gasteiger partial charge >= 0.3 is 0 Å². The molecule has 1 aromatic carbocycles. The number of hydrogen-bond donors (Lipinski definition) is 1. The molecule has 2 heterocycles. The summed E-state index contributed by atoms with van der Waals surface area (Å²) in [6, 6.07) is 8.32. The summed E-state index contributed by atoms with van der Waals surface area (Å²) in [5.74, 6) is 0.892. The van der Waals surface area contributed by atoms with Crippen molar-refractivity contribution in [2.45, 2.75) is 13.8 Å². The highest BCUT2D eigenvalue weighted by atomic mass is 19.1. The minimum atomic E-state index is -0.348. The molecular weight excluding hydrogens is 309 g/mol. The molecule has 1 aromatic heterocycles. The summed E-state index contributed by atoms with van der Waals surface area (Å²) in [5, 5.41) is 2.93. The number of anilines is 3. The van der Waals surface area contributed by atoms with Gasteiger partial charge < -0.3 is 15.1 Å². The number of carbonyl (C=O) groups excluding carboxylic acids is 1. The summed E-state index contributed by atoms with van der Waals surface area (Å²) in [5.41, 5.74) is 1.14. The second-order valence-corrected chi connectivity index (χ2v) is 5.79. The maximum Gasteiger partial charge on any atom is 0.229 e. The molecule has 1 saturated heterocycles. The van der Waals surface area contributed by atoms with E-state index in [0.717, 1.165) is 24.6 Å². The van der Waals surface area contributed by atoms with Crippen LogP contribution in [-0.4, -0.2) is 47.0 Å². The Morgan fingerprint density at radius 1 is 1.17 bits per heavy atom. The van der Waals surface area contributed by atoms with Gasteiger partial charge in [0, 0.05) is 44.9 Å². The number of aromatic nitrogens is 2. The van der Waals surface area contributed by atoms with E-state index in [0.29, 0.717) is 24.7 Å². The minimum absolute atomic E-state index is 0.0930. The van der Waals surface area contributed by atoms with Crippen molar-refractivity contribution in [2.75, 3.05) is 36.4 Å². The quantitative estimate of drug-likeness (QED) is 0.936. The standard InChI is InChI=1S/C17H20FN5O/c1-12-11-16(23-9-7-22(8-10-23)13(2)24)21-17(19-12)20-15-6-4-3-5-14(15)18/h3-6,11H,7-10H2,1-2H3,(H,19,20,21). The van der Waals surface area contributed by atoms with Gasteiger partial charge in [0.1, 0.15) is 11.6 Å². The number of nitrogens with one attached hydrogen (secondary N) is 1.